The number of aliphatic hydroxyl groups excluding tert-OH is 6. The van der Waals surface area contributed by atoms with Crippen LogP contribution in [-0.2, 0) is 33.2 Å². The van der Waals surface area contributed by atoms with Crippen molar-refractivity contribution in [3.63, 3.8) is 0 Å². The summed E-state index contributed by atoms with van der Waals surface area (Å²) >= 11 is 0. The highest BCUT2D eigenvalue weighted by Gasteiger charge is 2.55. The minimum atomic E-state index is -1.69. The fourth-order valence-corrected chi connectivity index (χ4v) is 6.62. The third-order valence-electron chi connectivity index (χ3n) is 9.77. The monoisotopic (exact) mass is 697 g/mol. The highest BCUT2D eigenvalue weighted by molar-refractivity contribution is 5.87. The Bertz CT molecular complexity index is 1080. The molecule has 0 aromatic rings. The van der Waals surface area contributed by atoms with Crippen LogP contribution in [0.4, 0.5) is 0 Å². The minimum absolute atomic E-state index is 0.00331. The maximum Gasteiger partial charge on any atom is 0.254 e. The van der Waals surface area contributed by atoms with Crippen molar-refractivity contribution in [1.82, 2.24) is 10.6 Å². The summed E-state index contributed by atoms with van der Waals surface area (Å²) in [4.78, 5) is 12.9. The maximum atomic E-state index is 12.9. The molecule has 1 aliphatic carbocycles. The summed E-state index contributed by atoms with van der Waals surface area (Å²) in [5, 5.41) is 80.0. The number of nitrogens with two attached hydrogens (primary N) is 5. The number of carbonyl (C=O) groups is 1. The van der Waals surface area contributed by atoms with Crippen molar-refractivity contribution in [2.24, 2.45) is 28.7 Å². The fourth-order valence-electron chi connectivity index (χ4n) is 6.62. The lowest BCUT2D eigenvalue weighted by Crippen LogP contribution is -2.72. The van der Waals surface area contributed by atoms with Gasteiger partial charge in [-0.3, -0.25) is 4.79 Å². The minimum Gasteiger partial charge on any atom is -0.394 e. The van der Waals surface area contributed by atoms with Crippen LogP contribution < -0.4 is 39.3 Å². The molecule has 1 saturated carbocycles. The van der Waals surface area contributed by atoms with Crippen LogP contribution in [0.25, 0.3) is 0 Å². The molecule has 5 rings (SSSR count). The third kappa shape index (κ3) is 7.50. The Hall–Kier alpha value is -1.29. The number of aliphatic hydroxyl groups is 7. The molecule has 0 aromatic heterocycles. The van der Waals surface area contributed by atoms with Crippen molar-refractivity contribution in [2.75, 3.05) is 32.8 Å². The molecule has 0 bridgehead atoms. The third-order valence-corrected chi connectivity index (χ3v) is 9.77. The SMILES string of the molecule is NC[C@@H]1C[C@@H](O)[C@@H](N)[C@@H](O[C@H]2[C@H](O[C@@H]3O[C@H](CO)[C@@H](O[C@H]4O[C@@H](CN)[C@@H](O)[C@H](O)[C@H]4N)[C@H]3O)[C@@H](O)[C@H](NC(=O)C3(O)CNC3)C[C@@H]2N)O1. The first kappa shape index (κ1) is 38.0. The normalized spacial score (nSPS) is 49.3. The Balaban J connectivity index is 1.36. The van der Waals surface area contributed by atoms with Gasteiger partial charge in [0, 0.05) is 38.6 Å². The Kier molecular flexibility index (Phi) is 12.3. The number of hydrogen-bond acceptors (Lipinski definition) is 20. The zero-order valence-corrected chi connectivity index (χ0v) is 26.2. The van der Waals surface area contributed by atoms with Gasteiger partial charge in [-0.2, -0.15) is 0 Å². The van der Waals surface area contributed by atoms with E-state index in [0.29, 0.717) is 0 Å². The summed E-state index contributed by atoms with van der Waals surface area (Å²) in [5.41, 5.74) is 28.4. The number of nitrogens with one attached hydrogen (secondary N) is 2. The van der Waals surface area contributed by atoms with E-state index in [0.717, 1.165) is 0 Å². The van der Waals surface area contributed by atoms with Gasteiger partial charge >= 0.3 is 0 Å². The molecule has 5 fully saturated rings. The molecule has 4 aliphatic heterocycles. The van der Waals surface area contributed by atoms with Crippen molar-refractivity contribution in [1.29, 1.82) is 0 Å². The number of ether oxygens (including phenoxy) is 6. The highest BCUT2D eigenvalue weighted by atomic mass is 16.8. The van der Waals surface area contributed by atoms with Gasteiger partial charge in [-0.25, -0.2) is 0 Å². The molecule has 4 saturated heterocycles. The van der Waals surface area contributed by atoms with Gasteiger partial charge in [-0.05, 0) is 6.42 Å². The molecular formula is C27H51N7O14. The molecule has 1 amide bonds. The van der Waals surface area contributed by atoms with Crippen LogP contribution in [0.5, 0.6) is 0 Å². The average Bonchev–Trinajstić information content (AvgIpc) is 3.34. The summed E-state index contributed by atoms with van der Waals surface area (Å²) in [6.07, 6.45) is -18.3. The van der Waals surface area contributed by atoms with Crippen LogP contribution in [0.3, 0.4) is 0 Å². The first-order chi connectivity index (χ1) is 22.7. The molecule has 19 N–H and O–H groups in total. The van der Waals surface area contributed by atoms with E-state index in [9.17, 15) is 40.5 Å². The maximum absolute atomic E-state index is 12.9. The highest BCUT2D eigenvalue weighted by Crippen LogP contribution is 2.35. The summed E-state index contributed by atoms with van der Waals surface area (Å²) in [7, 11) is 0. The second-order valence-electron chi connectivity index (χ2n) is 13.2. The van der Waals surface area contributed by atoms with E-state index >= 15 is 0 Å². The lowest BCUT2D eigenvalue weighted by molar-refractivity contribution is -0.295. The van der Waals surface area contributed by atoms with Gasteiger partial charge < -0.3 is 103 Å². The zero-order valence-electron chi connectivity index (χ0n) is 26.2. The lowest BCUT2D eigenvalue weighted by atomic mass is 9.83. The molecule has 0 spiro atoms. The molecule has 278 valence electrons. The Labute approximate surface area is 275 Å². The smallest absolute Gasteiger partial charge is 0.254 e. The fraction of sp³-hybridized carbons (Fsp3) is 0.963. The number of carbonyl (C=O) groups excluding carboxylic acids is 1. The standard InChI is InChI=1S/C27H51N7O14/c28-3-8-1-11(36)14(31)23(43-8)46-20-9(30)2-10(34-26(41)27(42)6-33-7-27)16(37)22(20)48-25-19(40)21(13(5-35)45-25)47-24-15(32)18(39)17(38)12(4-29)44-24/h8-25,33,35-40,42H,1-7,28-32H2,(H,34,41)/t8-,9-,10+,11+,12-,13+,14+,15+,16-,17+,18+,19+,20+,21+,22+,23+,24+,25-/m0/s1. The van der Waals surface area contributed by atoms with Crippen LogP contribution in [0.1, 0.15) is 12.8 Å². The Morgan fingerprint density at radius 1 is 0.771 bits per heavy atom. The summed E-state index contributed by atoms with van der Waals surface area (Å²) in [6.45, 7) is -0.812. The molecule has 48 heavy (non-hydrogen) atoms. The summed E-state index contributed by atoms with van der Waals surface area (Å²) in [6, 6.07) is -4.36. The number of amides is 1. The van der Waals surface area contributed by atoms with Gasteiger partial charge in [0.2, 0.25) is 0 Å². The molecule has 18 atom stereocenters. The van der Waals surface area contributed by atoms with E-state index in [1.54, 1.807) is 0 Å². The van der Waals surface area contributed by atoms with E-state index in [4.69, 9.17) is 57.1 Å². The molecule has 0 radical (unpaired) electrons. The first-order valence-corrected chi connectivity index (χ1v) is 16.1. The van der Waals surface area contributed by atoms with E-state index in [2.05, 4.69) is 10.6 Å². The second kappa shape index (κ2) is 15.5. The van der Waals surface area contributed by atoms with Crippen LogP contribution in [-0.4, -0.2) is 190 Å². The van der Waals surface area contributed by atoms with Gasteiger partial charge in [0.25, 0.3) is 5.91 Å². The Morgan fingerprint density at radius 2 is 1.40 bits per heavy atom. The van der Waals surface area contributed by atoms with Gasteiger partial charge in [0.15, 0.2) is 24.5 Å². The predicted molar refractivity (Wildman–Crippen MR) is 159 cm³/mol. The second-order valence-corrected chi connectivity index (χ2v) is 13.2. The summed E-state index contributed by atoms with van der Waals surface area (Å²) in [5.74, 6) is -0.750. The zero-order chi connectivity index (χ0) is 35.1. The van der Waals surface area contributed by atoms with Gasteiger partial charge in [0.05, 0.1) is 36.9 Å². The molecular weight excluding hydrogens is 646 g/mol. The molecule has 4 heterocycles. The van der Waals surface area contributed by atoms with Crippen molar-refractivity contribution >= 4 is 5.91 Å². The number of hydrogen-bond donors (Lipinski definition) is 14. The van der Waals surface area contributed by atoms with Crippen molar-refractivity contribution < 1.29 is 69.0 Å². The molecule has 5 aliphatic rings. The molecule has 0 unspecified atom stereocenters. The van der Waals surface area contributed by atoms with E-state index in [1.165, 1.54) is 0 Å². The first-order valence-electron chi connectivity index (χ1n) is 16.1. The Morgan fingerprint density at radius 3 is 2.00 bits per heavy atom. The van der Waals surface area contributed by atoms with E-state index in [1.807, 2.05) is 0 Å². The average molecular weight is 698 g/mol. The van der Waals surface area contributed by atoms with Crippen molar-refractivity contribution in [3.8, 4) is 0 Å². The number of β-amino-alcohol motifs (C(OH)–C–C–N with tert-alkyl or cyclic N) is 1. The van der Waals surface area contributed by atoms with Gasteiger partial charge in [-0.15, -0.1) is 0 Å². The van der Waals surface area contributed by atoms with Crippen LogP contribution in [0, 0.1) is 0 Å². The quantitative estimate of drug-likeness (QED) is 0.0952. The largest absolute Gasteiger partial charge is 0.394 e. The predicted octanol–water partition coefficient (Wildman–Crippen LogP) is -9.37. The van der Waals surface area contributed by atoms with Gasteiger partial charge in [0.1, 0.15) is 54.9 Å². The van der Waals surface area contributed by atoms with E-state index in [-0.39, 0.29) is 39.0 Å². The lowest BCUT2D eigenvalue weighted by Gasteiger charge is -2.48. The van der Waals surface area contributed by atoms with Crippen LogP contribution in [0.15, 0.2) is 0 Å². The molecule has 0 aromatic carbocycles. The number of rotatable bonds is 11. The van der Waals surface area contributed by atoms with Crippen molar-refractivity contribution in [3.05, 3.63) is 0 Å². The van der Waals surface area contributed by atoms with Crippen LogP contribution >= 0.6 is 0 Å². The van der Waals surface area contributed by atoms with Crippen molar-refractivity contribution in [2.45, 2.75) is 129 Å². The molecule has 21 nitrogen and oxygen atoms in total. The van der Waals surface area contributed by atoms with Gasteiger partial charge in [-0.1, -0.05) is 0 Å². The molecule has 21 heteroatoms. The van der Waals surface area contributed by atoms with Crippen LogP contribution in [0.2, 0.25) is 0 Å². The topological polar surface area (TPSA) is 368 Å². The van der Waals surface area contributed by atoms with E-state index < -0.39 is 128 Å². The summed E-state index contributed by atoms with van der Waals surface area (Å²) < 4.78 is 35.3.